The summed E-state index contributed by atoms with van der Waals surface area (Å²) in [5.41, 5.74) is 2.69. The third-order valence-electron chi connectivity index (χ3n) is 2.10. The number of ether oxygens (including phenoxy) is 1. The minimum Gasteiger partial charge on any atom is -0.458 e. The number of benzene rings is 1. The third kappa shape index (κ3) is 8.16. The number of hydrogen-bond donors (Lipinski definition) is 2. The van der Waals surface area contributed by atoms with E-state index >= 15 is 0 Å². The van der Waals surface area contributed by atoms with E-state index in [1.54, 1.807) is 6.92 Å². The Kier molecular flexibility index (Phi) is 9.09. The molecule has 0 bridgehead atoms. The first kappa shape index (κ1) is 16.4. The van der Waals surface area contributed by atoms with Crippen molar-refractivity contribution in [3.05, 3.63) is 35.4 Å². The van der Waals surface area contributed by atoms with Crippen LogP contribution in [0.25, 0.3) is 0 Å². The molecule has 0 N–H and O–H groups in total. The van der Waals surface area contributed by atoms with Crippen LogP contribution in [-0.4, -0.2) is 11.9 Å². The fraction of sp³-hybridized carbons (Fsp3) is 0.462. The molecule has 2 nitrogen and oxygen atoms in total. The SMILES string of the molecule is CC(C)c1ccc(CS)cc1.CCOC(=O)S. The summed E-state index contributed by atoms with van der Waals surface area (Å²) in [6.45, 7) is 6.54. The molecule has 1 aromatic carbocycles. The number of thiol groups is 2. The number of hydrogen-bond acceptors (Lipinski definition) is 3. The summed E-state index contributed by atoms with van der Waals surface area (Å²) in [6, 6.07) is 8.64. The molecule has 0 saturated heterocycles. The first-order valence-electron chi connectivity index (χ1n) is 5.56. The molecule has 0 amide bonds. The van der Waals surface area contributed by atoms with Gasteiger partial charge in [0, 0.05) is 5.75 Å². The molecule has 0 heterocycles. The molecule has 0 radical (unpaired) electrons. The van der Waals surface area contributed by atoms with E-state index < -0.39 is 5.30 Å². The maximum Gasteiger partial charge on any atom is 0.364 e. The van der Waals surface area contributed by atoms with Crippen LogP contribution in [0.1, 0.15) is 37.8 Å². The largest absolute Gasteiger partial charge is 0.458 e. The zero-order chi connectivity index (χ0) is 13.3. The van der Waals surface area contributed by atoms with Crippen molar-refractivity contribution in [2.24, 2.45) is 0 Å². The minimum atomic E-state index is -0.516. The van der Waals surface area contributed by atoms with Crippen molar-refractivity contribution in [2.75, 3.05) is 6.61 Å². The maximum atomic E-state index is 9.69. The van der Waals surface area contributed by atoms with Gasteiger partial charge in [0.1, 0.15) is 0 Å². The van der Waals surface area contributed by atoms with Gasteiger partial charge in [-0.3, -0.25) is 0 Å². The van der Waals surface area contributed by atoms with Crippen LogP contribution in [0.3, 0.4) is 0 Å². The fourth-order valence-electron chi connectivity index (χ4n) is 1.13. The lowest BCUT2D eigenvalue weighted by Gasteiger charge is -2.04. The second-order valence-electron chi connectivity index (χ2n) is 3.75. The van der Waals surface area contributed by atoms with E-state index in [2.05, 4.69) is 68.1 Å². The van der Waals surface area contributed by atoms with E-state index in [1.165, 1.54) is 11.1 Å². The molecule has 0 saturated carbocycles. The summed E-state index contributed by atoms with van der Waals surface area (Å²) >= 11 is 7.51. The van der Waals surface area contributed by atoms with Crippen LogP contribution in [0.15, 0.2) is 24.3 Å². The van der Waals surface area contributed by atoms with Crippen LogP contribution < -0.4 is 0 Å². The second-order valence-corrected chi connectivity index (χ2v) is 4.43. The Labute approximate surface area is 115 Å². The summed E-state index contributed by atoms with van der Waals surface area (Å²) in [4.78, 5) is 9.69. The molecule has 0 spiro atoms. The smallest absolute Gasteiger partial charge is 0.364 e. The Bertz CT molecular complexity index is 321. The zero-order valence-electron chi connectivity index (χ0n) is 10.5. The average molecular weight is 272 g/mol. The summed E-state index contributed by atoms with van der Waals surface area (Å²) in [6.07, 6.45) is 0. The van der Waals surface area contributed by atoms with Crippen molar-refractivity contribution in [2.45, 2.75) is 32.4 Å². The molecule has 0 unspecified atom stereocenters. The molecule has 0 aromatic heterocycles. The molecular formula is C13H20O2S2. The quantitative estimate of drug-likeness (QED) is 0.633. The molecule has 96 valence electrons. The topological polar surface area (TPSA) is 26.3 Å². The van der Waals surface area contributed by atoms with Gasteiger partial charge in [0.2, 0.25) is 0 Å². The Hall–Kier alpha value is -0.610. The fourth-order valence-corrected chi connectivity index (χ4v) is 1.47. The van der Waals surface area contributed by atoms with Gasteiger partial charge in [0.05, 0.1) is 6.61 Å². The van der Waals surface area contributed by atoms with Crippen LogP contribution >= 0.6 is 25.3 Å². The van der Waals surface area contributed by atoms with Gasteiger partial charge < -0.3 is 4.74 Å². The second kappa shape index (κ2) is 9.42. The zero-order valence-corrected chi connectivity index (χ0v) is 12.3. The molecule has 1 rings (SSSR count). The lowest BCUT2D eigenvalue weighted by Crippen LogP contribution is -1.89. The van der Waals surface area contributed by atoms with Crippen molar-refractivity contribution in [3.63, 3.8) is 0 Å². The van der Waals surface area contributed by atoms with Gasteiger partial charge in [-0.1, -0.05) is 50.7 Å². The highest BCUT2D eigenvalue weighted by Crippen LogP contribution is 2.15. The van der Waals surface area contributed by atoms with Gasteiger partial charge in [-0.05, 0) is 24.0 Å². The molecule has 0 atom stereocenters. The van der Waals surface area contributed by atoms with E-state index in [1.807, 2.05) is 0 Å². The van der Waals surface area contributed by atoms with E-state index in [0.717, 1.165) is 5.75 Å². The molecule has 17 heavy (non-hydrogen) atoms. The predicted molar refractivity (Wildman–Crippen MR) is 79.2 cm³/mol. The number of carbonyl (C=O) groups excluding carboxylic acids is 1. The summed E-state index contributed by atoms with van der Waals surface area (Å²) < 4.78 is 4.27. The van der Waals surface area contributed by atoms with Gasteiger partial charge in [-0.25, -0.2) is 4.79 Å². The maximum absolute atomic E-state index is 9.69. The molecule has 0 aliphatic rings. The molecule has 0 aliphatic carbocycles. The van der Waals surface area contributed by atoms with E-state index in [-0.39, 0.29) is 0 Å². The van der Waals surface area contributed by atoms with Gasteiger partial charge in [-0.2, -0.15) is 12.6 Å². The third-order valence-corrected chi connectivity index (χ3v) is 2.59. The molecule has 0 fully saturated rings. The van der Waals surface area contributed by atoms with Crippen LogP contribution in [0.5, 0.6) is 0 Å². The lowest BCUT2D eigenvalue weighted by atomic mass is 10.0. The Morgan fingerprint density at radius 1 is 1.29 bits per heavy atom. The number of carbonyl (C=O) groups is 1. The first-order valence-corrected chi connectivity index (χ1v) is 6.64. The van der Waals surface area contributed by atoms with Gasteiger partial charge >= 0.3 is 5.30 Å². The molecule has 4 heteroatoms. The van der Waals surface area contributed by atoms with Crippen molar-refractivity contribution in [3.8, 4) is 0 Å². The highest BCUT2D eigenvalue weighted by molar-refractivity contribution is 7.96. The van der Waals surface area contributed by atoms with Crippen LogP contribution in [0, 0.1) is 0 Å². The van der Waals surface area contributed by atoms with Crippen molar-refractivity contribution < 1.29 is 9.53 Å². The molecule has 0 aliphatic heterocycles. The van der Waals surface area contributed by atoms with Crippen molar-refractivity contribution in [1.82, 2.24) is 0 Å². The Morgan fingerprint density at radius 3 is 2.06 bits per heavy atom. The van der Waals surface area contributed by atoms with Crippen LogP contribution in [-0.2, 0) is 10.5 Å². The Morgan fingerprint density at radius 2 is 1.82 bits per heavy atom. The van der Waals surface area contributed by atoms with Gasteiger partial charge in [0.25, 0.3) is 0 Å². The van der Waals surface area contributed by atoms with Crippen molar-refractivity contribution in [1.29, 1.82) is 0 Å². The average Bonchev–Trinajstić information content (AvgIpc) is 2.29. The summed E-state index contributed by atoms with van der Waals surface area (Å²) in [5.74, 6) is 1.46. The predicted octanol–water partition coefficient (Wildman–Crippen LogP) is 4.31. The lowest BCUT2D eigenvalue weighted by molar-refractivity contribution is 0.182. The number of rotatable bonds is 3. The van der Waals surface area contributed by atoms with Crippen LogP contribution in [0.2, 0.25) is 0 Å². The van der Waals surface area contributed by atoms with Gasteiger partial charge in [0.15, 0.2) is 0 Å². The van der Waals surface area contributed by atoms with E-state index in [4.69, 9.17) is 0 Å². The normalized spacial score (nSPS) is 9.53. The van der Waals surface area contributed by atoms with E-state index in [9.17, 15) is 4.79 Å². The van der Waals surface area contributed by atoms with E-state index in [0.29, 0.717) is 12.5 Å². The summed E-state index contributed by atoms with van der Waals surface area (Å²) in [5, 5.41) is -0.516. The standard InChI is InChI=1S/C10H14S.C3H6O2S/c1-8(2)10-5-3-9(7-11)4-6-10;1-2-5-3(4)6/h3-6,8,11H,7H2,1-2H3;2H2,1H3,(H,4,6). The monoisotopic (exact) mass is 272 g/mol. The Balaban J connectivity index is 0.000000366. The highest BCUT2D eigenvalue weighted by atomic mass is 32.1. The highest BCUT2D eigenvalue weighted by Gasteiger charge is 1.96. The first-order chi connectivity index (χ1) is 8.01. The minimum absolute atomic E-state index is 0.405. The molecule has 1 aromatic rings. The van der Waals surface area contributed by atoms with Crippen LogP contribution in [0.4, 0.5) is 4.79 Å². The molecular weight excluding hydrogens is 252 g/mol. The van der Waals surface area contributed by atoms with Crippen molar-refractivity contribution >= 4 is 30.6 Å². The summed E-state index contributed by atoms with van der Waals surface area (Å²) in [7, 11) is 0. The van der Waals surface area contributed by atoms with Gasteiger partial charge in [-0.15, -0.1) is 0 Å².